The van der Waals surface area contributed by atoms with Crippen LogP contribution in [0, 0.1) is 0 Å². The molecule has 0 aromatic carbocycles. The first-order valence-corrected chi connectivity index (χ1v) is 6.08. The fourth-order valence-electron chi connectivity index (χ4n) is 1.39. The predicted molar refractivity (Wildman–Crippen MR) is 60.6 cm³/mol. The molecule has 0 unspecified atom stereocenters. The van der Waals surface area contributed by atoms with Crippen LogP contribution in [0.15, 0.2) is 0 Å². The van der Waals surface area contributed by atoms with Crippen molar-refractivity contribution < 1.29 is 0 Å². The Morgan fingerprint density at radius 3 is 1.89 bits per heavy atom. The van der Waals surface area contributed by atoms with Crippen molar-refractivity contribution in [3.05, 3.63) is 0 Å². The molecule has 1 fully saturated rings. The molecule has 1 saturated carbocycles. The maximum atomic E-state index is 2.55. The molecule has 0 atom stereocenters. The Morgan fingerprint density at radius 1 is 1.00 bits per heavy atom. The highest BCUT2D eigenvalue weighted by molar-refractivity contribution is 14.3. The number of halogens is 2. The van der Waals surface area contributed by atoms with Crippen LogP contribution in [0.25, 0.3) is 0 Å². The highest BCUT2D eigenvalue weighted by Gasteiger charge is 2.21. The third-order valence-electron chi connectivity index (χ3n) is 2.01. The molecule has 0 aliphatic heterocycles. The molecule has 0 heterocycles. The molecule has 1 aliphatic carbocycles. The van der Waals surface area contributed by atoms with Crippen LogP contribution in [0.2, 0.25) is 5.82 Å². The fourth-order valence-corrected chi connectivity index (χ4v) is 2.82. The summed E-state index contributed by atoms with van der Waals surface area (Å²) < 4.78 is 0.875. The second-order valence-electron chi connectivity index (χ2n) is 2.73. The van der Waals surface area contributed by atoms with Gasteiger partial charge in [-0.25, -0.2) is 0 Å². The van der Waals surface area contributed by atoms with Gasteiger partial charge in [-0.1, -0.05) is 32.1 Å². The van der Waals surface area contributed by atoms with Crippen molar-refractivity contribution in [2.75, 3.05) is 0 Å². The van der Waals surface area contributed by atoms with Gasteiger partial charge in [0.15, 0.2) is 0 Å². The first kappa shape index (κ1) is 8.62. The second kappa shape index (κ2) is 4.41. The molecule has 0 radical (unpaired) electrons. The molecule has 1 rings (SSSR count). The largest absolute Gasteiger partial charge is 0.292 e. The minimum Gasteiger partial charge on any atom is -0.133 e. The standard InChI is InChI=1S/C6H11BI2/c8-7(9)6-4-2-1-3-5-6/h6H,1-5H2. The van der Waals surface area contributed by atoms with Gasteiger partial charge in [0.25, 0.3) is 2.43 Å². The maximum absolute atomic E-state index is 2.55. The van der Waals surface area contributed by atoms with Crippen molar-refractivity contribution in [2.24, 2.45) is 0 Å². The third kappa shape index (κ3) is 2.95. The Morgan fingerprint density at radius 2 is 1.56 bits per heavy atom. The lowest BCUT2D eigenvalue weighted by molar-refractivity contribution is 0.503. The van der Waals surface area contributed by atoms with E-state index in [1.54, 1.807) is 0 Å². The van der Waals surface area contributed by atoms with E-state index in [0.29, 0.717) is 0 Å². The van der Waals surface area contributed by atoms with Crippen LogP contribution in [0.5, 0.6) is 0 Å². The van der Waals surface area contributed by atoms with Crippen LogP contribution < -0.4 is 0 Å². The Bertz CT molecular complexity index is 79.1. The molecule has 0 saturated heterocycles. The summed E-state index contributed by atoms with van der Waals surface area (Å²) in [4.78, 5) is 0. The number of rotatable bonds is 1. The van der Waals surface area contributed by atoms with Crippen LogP contribution in [-0.2, 0) is 0 Å². The first-order chi connectivity index (χ1) is 4.30. The fraction of sp³-hybridized carbons (Fsp3) is 1.00. The zero-order chi connectivity index (χ0) is 6.69. The van der Waals surface area contributed by atoms with Crippen LogP contribution in [-0.4, -0.2) is 2.43 Å². The van der Waals surface area contributed by atoms with E-state index in [4.69, 9.17) is 0 Å². The van der Waals surface area contributed by atoms with Gasteiger partial charge in [0, 0.05) is 0 Å². The van der Waals surface area contributed by atoms with Crippen molar-refractivity contribution in [1.82, 2.24) is 0 Å². The van der Waals surface area contributed by atoms with Crippen molar-refractivity contribution in [1.29, 1.82) is 0 Å². The minimum absolute atomic E-state index is 0.875. The summed E-state index contributed by atoms with van der Waals surface area (Å²) in [6.45, 7) is 0. The number of hydrogen-bond acceptors (Lipinski definition) is 0. The molecule has 0 N–H and O–H groups in total. The van der Waals surface area contributed by atoms with E-state index >= 15 is 0 Å². The van der Waals surface area contributed by atoms with E-state index in [1.807, 2.05) is 0 Å². The summed E-state index contributed by atoms with van der Waals surface area (Å²) in [6.07, 6.45) is 7.41. The highest BCUT2D eigenvalue weighted by Crippen LogP contribution is 2.35. The Labute approximate surface area is 84.4 Å². The lowest BCUT2D eigenvalue weighted by Gasteiger charge is -2.20. The van der Waals surface area contributed by atoms with Gasteiger partial charge in [-0.15, -0.1) is 44.7 Å². The van der Waals surface area contributed by atoms with Crippen molar-refractivity contribution in [2.45, 2.75) is 37.9 Å². The van der Waals surface area contributed by atoms with Crippen LogP contribution >= 0.6 is 44.7 Å². The van der Waals surface area contributed by atoms with E-state index in [2.05, 4.69) is 44.7 Å². The van der Waals surface area contributed by atoms with E-state index in [1.165, 1.54) is 32.1 Å². The maximum Gasteiger partial charge on any atom is 0.292 e. The molecule has 0 nitrogen and oxygen atoms in total. The van der Waals surface area contributed by atoms with Crippen LogP contribution in [0.4, 0.5) is 0 Å². The van der Waals surface area contributed by atoms with E-state index in [9.17, 15) is 0 Å². The van der Waals surface area contributed by atoms with Gasteiger partial charge in [-0.05, 0) is 5.82 Å². The third-order valence-corrected chi connectivity index (χ3v) is 4.04. The average Bonchev–Trinajstić information content (AvgIpc) is 1.90. The van der Waals surface area contributed by atoms with E-state index in [-0.39, 0.29) is 0 Å². The Balaban J connectivity index is 2.23. The minimum atomic E-state index is 0.875. The average molecular weight is 348 g/mol. The van der Waals surface area contributed by atoms with Crippen LogP contribution in [0.3, 0.4) is 0 Å². The van der Waals surface area contributed by atoms with Crippen LogP contribution in [0.1, 0.15) is 32.1 Å². The van der Waals surface area contributed by atoms with E-state index < -0.39 is 0 Å². The smallest absolute Gasteiger partial charge is 0.133 e. The van der Waals surface area contributed by atoms with Gasteiger partial charge < -0.3 is 0 Å². The summed E-state index contributed by atoms with van der Waals surface area (Å²) in [7, 11) is 0. The van der Waals surface area contributed by atoms with Crippen molar-refractivity contribution in [3.8, 4) is 0 Å². The summed E-state index contributed by atoms with van der Waals surface area (Å²) in [5, 5.41) is 0. The molecule has 3 heteroatoms. The van der Waals surface area contributed by atoms with Gasteiger partial charge in [-0.3, -0.25) is 0 Å². The Hall–Kier alpha value is 1.52. The molecule has 1 aliphatic rings. The molecule has 0 amide bonds. The summed E-state index contributed by atoms with van der Waals surface area (Å²) in [5.74, 6) is 1.03. The summed E-state index contributed by atoms with van der Waals surface area (Å²) in [6, 6.07) is 0. The molecule has 0 spiro atoms. The molecule has 52 valence electrons. The van der Waals surface area contributed by atoms with Gasteiger partial charge in [0.05, 0.1) is 0 Å². The van der Waals surface area contributed by atoms with Crippen molar-refractivity contribution >= 4 is 47.2 Å². The Kier molecular flexibility index (Phi) is 4.23. The molecule has 0 bridgehead atoms. The topological polar surface area (TPSA) is 0 Å². The first-order valence-electron chi connectivity index (χ1n) is 3.59. The summed E-state index contributed by atoms with van der Waals surface area (Å²) in [5.41, 5.74) is 0. The lowest BCUT2D eigenvalue weighted by Crippen LogP contribution is -2.09. The lowest BCUT2D eigenvalue weighted by atomic mass is 9.75. The molecule has 0 aromatic heterocycles. The quantitative estimate of drug-likeness (QED) is 0.501. The second-order valence-corrected chi connectivity index (χ2v) is 7.80. The van der Waals surface area contributed by atoms with E-state index in [0.717, 1.165) is 8.24 Å². The van der Waals surface area contributed by atoms with Crippen molar-refractivity contribution in [3.63, 3.8) is 0 Å². The zero-order valence-corrected chi connectivity index (χ0v) is 9.76. The predicted octanol–water partition coefficient (Wildman–Crippen LogP) is 3.68. The van der Waals surface area contributed by atoms with Gasteiger partial charge in [0.1, 0.15) is 0 Å². The number of hydrogen-bond donors (Lipinski definition) is 0. The highest BCUT2D eigenvalue weighted by atomic mass is 127. The monoisotopic (exact) mass is 348 g/mol. The van der Waals surface area contributed by atoms with Gasteiger partial charge >= 0.3 is 0 Å². The zero-order valence-electron chi connectivity index (χ0n) is 5.45. The van der Waals surface area contributed by atoms with Gasteiger partial charge in [-0.2, -0.15) is 0 Å². The normalized spacial score (nSPS) is 22.0. The molecule has 9 heavy (non-hydrogen) atoms. The SMILES string of the molecule is IB(I)C1CCCCC1. The van der Waals surface area contributed by atoms with Gasteiger partial charge in [0.2, 0.25) is 0 Å². The molecule has 0 aromatic rings. The molecular formula is C6H11BI2. The molecular weight excluding hydrogens is 337 g/mol. The summed E-state index contributed by atoms with van der Waals surface area (Å²) >= 11 is 5.10.